The third-order valence-corrected chi connectivity index (χ3v) is 4.87. The number of hydrogen-bond acceptors (Lipinski definition) is 4. The lowest BCUT2D eigenvalue weighted by Crippen LogP contribution is -2.38. The van der Waals surface area contributed by atoms with Crippen LogP contribution in [-0.4, -0.2) is 39.5 Å². The standard InChI is InChI=1S/C21H25ClN4O2/c1-21(2,3)28-20(27)25-13-9-17-18(10-14-25)26(12-4-11-23)24-19(17)15-5-7-16(22)8-6-15/h5-8H,4,9-10,12-14H2,1-3H3. The Hall–Kier alpha value is -2.52. The number of amides is 1. The maximum atomic E-state index is 12.5. The fourth-order valence-corrected chi connectivity index (χ4v) is 3.49. The number of carbonyl (C=O) groups is 1. The van der Waals surface area contributed by atoms with E-state index in [9.17, 15) is 4.79 Å². The normalized spacial score (nSPS) is 14.2. The van der Waals surface area contributed by atoms with Crippen molar-refractivity contribution in [1.82, 2.24) is 14.7 Å². The van der Waals surface area contributed by atoms with Gasteiger partial charge in [-0.1, -0.05) is 23.7 Å². The highest BCUT2D eigenvalue weighted by atomic mass is 35.5. The molecule has 1 aliphatic rings. The van der Waals surface area contributed by atoms with Gasteiger partial charge >= 0.3 is 6.09 Å². The third kappa shape index (κ3) is 4.66. The van der Waals surface area contributed by atoms with Crippen LogP contribution in [-0.2, 0) is 24.1 Å². The van der Waals surface area contributed by atoms with Gasteiger partial charge in [0.1, 0.15) is 5.60 Å². The van der Waals surface area contributed by atoms with Crippen molar-refractivity contribution in [2.24, 2.45) is 0 Å². The zero-order valence-corrected chi connectivity index (χ0v) is 17.3. The van der Waals surface area contributed by atoms with Crippen molar-refractivity contribution < 1.29 is 9.53 Å². The van der Waals surface area contributed by atoms with Crippen molar-refractivity contribution in [3.63, 3.8) is 0 Å². The van der Waals surface area contributed by atoms with Crippen LogP contribution in [0.25, 0.3) is 11.3 Å². The van der Waals surface area contributed by atoms with Crippen LogP contribution >= 0.6 is 11.6 Å². The largest absolute Gasteiger partial charge is 0.444 e. The summed E-state index contributed by atoms with van der Waals surface area (Å²) in [5, 5.41) is 14.5. The lowest BCUT2D eigenvalue weighted by Gasteiger charge is -2.26. The lowest BCUT2D eigenvalue weighted by atomic mass is 10.0. The number of rotatable bonds is 3. The van der Waals surface area contributed by atoms with E-state index >= 15 is 0 Å². The van der Waals surface area contributed by atoms with Crippen LogP contribution in [0.2, 0.25) is 5.02 Å². The fraction of sp³-hybridized carbons (Fsp3) is 0.476. The van der Waals surface area contributed by atoms with E-state index < -0.39 is 5.60 Å². The van der Waals surface area contributed by atoms with E-state index in [4.69, 9.17) is 26.7 Å². The zero-order chi connectivity index (χ0) is 20.3. The quantitative estimate of drug-likeness (QED) is 0.762. The van der Waals surface area contributed by atoms with E-state index in [-0.39, 0.29) is 6.09 Å². The number of hydrogen-bond donors (Lipinski definition) is 0. The molecule has 28 heavy (non-hydrogen) atoms. The van der Waals surface area contributed by atoms with E-state index in [1.807, 2.05) is 49.7 Å². The van der Waals surface area contributed by atoms with Gasteiger partial charge in [-0.05, 0) is 39.3 Å². The van der Waals surface area contributed by atoms with Gasteiger partial charge < -0.3 is 9.64 Å². The number of aromatic nitrogens is 2. The van der Waals surface area contributed by atoms with Gasteiger partial charge in [0.25, 0.3) is 0 Å². The molecule has 1 aromatic carbocycles. The Labute approximate surface area is 170 Å². The van der Waals surface area contributed by atoms with Crippen LogP contribution in [0.4, 0.5) is 4.79 Å². The van der Waals surface area contributed by atoms with E-state index in [1.165, 1.54) is 0 Å². The molecule has 0 N–H and O–H groups in total. The maximum Gasteiger partial charge on any atom is 0.410 e. The Morgan fingerprint density at radius 2 is 1.93 bits per heavy atom. The predicted molar refractivity (Wildman–Crippen MR) is 108 cm³/mol. The Balaban J connectivity index is 1.90. The topological polar surface area (TPSA) is 71.2 Å². The molecule has 0 spiro atoms. The second-order valence-corrected chi connectivity index (χ2v) is 8.32. The van der Waals surface area contributed by atoms with Crippen LogP contribution in [0, 0.1) is 11.3 Å². The van der Waals surface area contributed by atoms with E-state index in [1.54, 1.807) is 4.90 Å². The summed E-state index contributed by atoms with van der Waals surface area (Å²) < 4.78 is 7.46. The molecular weight excluding hydrogens is 376 g/mol. The first kappa shape index (κ1) is 20.2. The smallest absolute Gasteiger partial charge is 0.410 e. The first-order chi connectivity index (χ1) is 13.3. The number of nitrogens with zero attached hydrogens (tertiary/aromatic N) is 4. The highest BCUT2D eigenvalue weighted by Gasteiger charge is 2.28. The Morgan fingerprint density at radius 1 is 1.25 bits per heavy atom. The predicted octanol–water partition coefficient (Wildman–Crippen LogP) is 4.45. The van der Waals surface area contributed by atoms with Crippen LogP contribution < -0.4 is 0 Å². The Bertz CT molecular complexity index is 891. The minimum absolute atomic E-state index is 0.290. The van der Waals surface area contributed by atoms with Gasteiger partial charge in [-0.3, -0.25) is 4.68 Å². The van der Waals surface area contributed by atoms with Gasteiger partial charge in [0, 0.05) is 41.4 Å². The molecule has 0 bridgehead atoms. The number of ether oxygens (including phenoxy) is 1. The number of fused-ring (bicyclic) bond motifs is 1. The van der Waals surface area contributed by atoms with Crippen molar-refractivity contribution >= 4 is 17.7 Å². The summed E-state index contributed by atoms with van der Waals surface area (Å²) in [5.41, 5.74) is 3.59. The molecule has 0 fully saturated rings. The second-order valence-electron chi connectivity index (χ2n) is 7.88. The molecule has 0 aliphatic carbocycles. The lowest BCUT2D eigenvalue weighted by molar-refractivity contribution is 0.0258. The minimum Gasteiger partial charge on any atom is -0.444 e. The average molecular weight is 401 g/mol. The molecule has 1 aromatic heterocycles. The Kier molecular flexibility index (Phi) is 5.95. The monoisotopic (exact) mass is 400 g/mol. The first-order valence-electron chi connectivity index (χ1n) is 9.48. The molecule has 2 heterocycles. The zero-order valence-electron chi connectivity index (χ0n) is 16.5. The molecule has 3 rings (SSSR count). The number of benzene rings is 1. The third-order valence-electron chi connectivity index (χ3n) is 4.62. The summed E-state index contributed by atoms with van der Waals surface area (Å²) >= 11 is 6.03. The van der Waals surface area contributed by atoms with Gasteiger partial charge in [-0.2, -0.15) is 10.4 Å². The van der Waals surface area contributed by atoms with E-state index in [0.717, 1.165) is 22.5 Å². The van der Waals surface area contributed by atoms with Gasteiger partial charge in [-0.25, -0.2) is 4.79 Å². The van der Waals surface area contributed by atoms with E-state index in [2.05, 4.69) is 6.07 Å². The van der Waals surface area contributed by atoms with Gasteiger partial charge in [0.2, 0.25) is 0 Å². The Morgan fingerprint density at radius 3 is 2.57 bits per heavy atom. The van der Waals surface area contributed by atoms with Crippen molar-refractivity contribution in [2.45, 2.75) is 52.2 Å². The van der Waals surface area contributed by atoms with Crippen LogP contribution in [0.15, 0.2) is 24.3 Å². The summed E-state index contributed by atoms with van der Waals surface area (Å²) in [6, 6.07) is 9.79. The summed E-state index contributed by atoms with van der Waals surface area (Å²) in [6.07, 6.45) is 1.48. The fourth-order valence-electron chi connectivity index (χ4n) is 3.37. The number of aryl methyl sites for hydroxylation is 1. The first-order valence-corrected chi connectivity index (χ1v) is 9.85. The van der Waals surface area contributed by atoms with Gasteiger partial charge in [0.05, 0.1) is 24.7 Å². The number of nitriles is 1. The van der Waals surface area contributed by atoms with E-state index in [0.29, 0.717) is 43.9 Å². The highest BCUT2D eigenvalue weighted by molar-refractivity contribution is 6.30. The molecule has 1 aliphatic heterocycles. The molecule has 0 saturated carbocycles. The van der Waals surface area contributed by atoms with Crippen molar-refractivity contribution in [3.8, 4) is 17.3 Å². The SMILES string of the molecule is CC(C)(C)OC(=O)N1CCc2c(-c3ccc(Cl)cc3)nn(CCC#N)c2CC1. The molecule has 1 amide bonds. The molecule has 148 valence electrons. The molecule has 0 unspecified atom stereocenters. The summed E-state index contributed by atoms with van der Waals surface area (Å²) in [7, 11) is 0. The summed E-state index contributed by atoms with van der Waals surface area (Å²) in [4.78, 5) is 14.3. The molecule has 6 nitrogen and oxygen atoms in total. The van der Waals surface area contributed by atoms with Crippen LogP contribution in [0.3, 0.4) is 0 Å². The van der Waals surface area contributed by atoms with Gasteiger partial charge in [-0.15, -0.1) is 0 Å². The van der Waals surface area contributed by atoms with Crippen LogP contribution in [0.5, 0.6) is 0 Å². The highest BCUT2D eigenvalue weighted by Crippen LogP contribution is 2.30. The molecule has 0 radical (unpaired) electrons. The number of carbonyl (C=O) groups excluding carboxylic acids is 1. The maximum absolute atomic E-state index is 12.5. The van der Waals surface area contributed by atoms with Crippen molar-refractivity contribution in [3.05, 3.63) is 40.5 Å². The molecule has 0 atom stereocenters. The second kappa shape index (κ2) is 8.24. The molecule has 0 saturated heterocycles. The van der Waals surface area contributed by atoms with Crippen molar-refractivity contribution in [1.29, 1.82) is 5.26 Å². The average Bonchev–Trinajstić information content (AvgIpc) is 2.82. The van der Waals surface area contributed by atoms with Crippen LogP contribution in [0.1, 0.15) is 38.4 Å². The molecular formula is C21H25ClN4O2. The molecule has 7 heteroatoms. The molecule has 2 aromatic rings. The van der Waals surface area contributed by atoms with Gasteiger partial charge in [0.15, 0.2) is 0 Å². The summed E-state index contributed by atoms with van der Waals surface area (Å²) in [5.74, 6) is 0. The minimum atomic E-state index is -0.520. The number of halogens is 1. The van der Waals surface area contributed by atoms with Crippen molar-refractivity contribution in [2.75, 3.05) is 13.1 Å². The summed E-state index contributed by atoms with van der Waals surface area (Å²) in [6.45, 7) is 7.30.